The fraction of sp³-hybridized carbons (Fsp3) is 0.632. The third-order valence-electron chi connectivity index (χ3n) is 4.44. The maximum Gasteiger partial charge on any atom is 0.340 e. The van der Waals surface area contributed by atoms with E-state index < -0.39 is 5.60 Å². The number of benzene rings is 1. The molecule has 0 bridgehead atoms. The summed E-state index contributed by atoms with van der Waals surface area (Å²) in [5, 5.41) is 1.18. The van der Waals surface area contributed by atoms with E-state index in [9.17, 15) is 4.79 Å². The van der Waals surface area contributed by atoms with Crippen LogP contribution in [0.1, 0.15) is 51.5 Å². The van der Waals surface area contributed by atoms with Gasteiger partial charge in [-0.2, -0.15) is 0 Å². The Balaban J connectivity index is 1.71. The van der Waals surface area contributed by atoms with E-state index >= 15 is 0 Å². The number of rotatable bonds is 10. The largest absolute Gasteiger partial charge is 0.463 e. The van der Waals surface area contributed by atoms with E-state index in [0.717, 1.165) is 38.5 Å². The van der Waals surface area contributed by atoms with Crippen molar-refractivity contribution < 1.29 is 14.3 Å². The van der Waals surface area contributed by atoms with E-state index in [0.29, 0.717) is 29.2 Å². The van der Waals surface area contributed by atoms with Crippen LogP contribution in [0, 0.1) is 5.92 Å². The van der Waals surface area contributed by atoms with E-state index in [4.69, 9.17) is 32.7 Å². The average molecular weight is 373 g/mol. The molecule has 1 aromatic rings. The van der Waals surface area contributed by atoms with Gasteiger partial charge in [0.25, 0.3) is 0 Å². The maximum atomic E-state index is 12.1. The Bertz CT molecular complexity index is 556. The molecule has 1 fully saturated rings. The molecule has 24 heavy (non-hydrogen) atoms. The molecule has 0 spiro atoms. The molecule has 134 valence electrons. The highest BCUT2D eigenvalue weighted by molar-refractivity contribution is 6.42. The maximum absolute atomic E-state index is 12.1. The third kappa shape index (κ3) is 5.65. The Labute approximate surface area is 154 Å². The van der Waals surface area contributed by atoms with Crippen LogP contribution in [0.25, 0.3) is 0 Å². The van der Waals surface area contributed by atoms with Crippen LogP contribution in [0.4, 0.5) is 0 Å². The number of carbonyl (C=O) groups is 1. The molecule has 0 N–H and O–H groups in total. The monoisotopic (exact) mass is 372 g/mol. The van der Waals surface area contributed by atoms with Crippen molar-refractivity contribution in [3.8, 4) is 0 Å². The average Bonchev–Trinajstić information content (AvgIpc) is 3.32. The Morgan fingerprint density at radius 3 is 2.71 bits per heavy atom. The molecule has 0 amide bonds. The first kappa shape index (κ1) is 19.6. The van der Waals surface area contributed by atoms with E-state index in [1.165, 1.54) is 5.56 Å². The zero-order valence-corrected chi connectivity index (χ0v) is 16.0. The van der Waals surface area contributed by atoms with Crippen molar-refractivity contribution in [3.63, 3.8) is 0 Å². The summed E-state index contributed by atoms with van der Waals surface area (Å²) in [6.45, 7) is 5.28. The van der Waals surface area contributed by atoms with E-state index in [1.807, 2.05) is 18.2 Å². The molecule has 3 nitrogen and oxygen atoms in total. The topological polar surface area (TPSA) is 38.8 Å². The van der Waals surface area contributed by atoms with Gasteiger partial charge in [0.1, 0.15) is 0 Å². The zero-order chi connectivity index (χ0) is 17.6. The minimum absolute atomic E-state index is 0.187. The quantitative estimate of drug-likeness (QED) is 0.311. The number of carbonyl (C=O) groups excluding carboxylic acids is 1. The predicted molar refractivity (Wildman–Crippen MR) is 97.7 cm³/mol. The van der Waals surface area contributed by atoms with Crippen molar-refractivity contribution in [2.24, 2.45) is 5.92 Å². The van der Waals surface area contributed by atoms with Crippen LogP contribution < -0.4 is 0 Å². The summed E-state index contributed by atoms with van der Waals surface area (Å²) >= 11 is 12.0. The van der Waals surface area contributed by atoms with Gasteiger partial charge in [-0.1, -0.05) is 56.0 Å². The van der Waals surface area contributed by atoms with Crippen molar-refractivity contribution in [2.75, 3.05) is 13.2 Å². The lowest BCUT2D eigenvalue weighted by Crippen LogP contribution is -2.27. The summed E-state index contributed by atoms with van der Waals surface area (Å²) in [6.07, 6.45) is 5.60. The molecule has 1 saturated heterocycles. The van der Waals surface area contributed by atoms with Crippen LogP contribution >= 0.6 is 23.2 Å². The normalized spacial score (nSPS) is 20.7. The summed E-state index contributed by atoms with van der Waals surface area (Å²) in [7, 11) is 0. The highest BCUT2D eigenvalue weighted by atomic mass is 35.5. The van der Waals surface area contributed by atoms with Crippen molar-refractivity contribution in [3.05, 3.63) is 33.8 Å². The Morgan fingerprint density at radius 1 is 1.33 bits per heavy atom. The van der Waals surface area contributed by atoms with Crippen LogP contribution in [0.15, 0.2) is 18.2 Å². The van der Waals surface area contributed by atoms with E-state index in [-0.39, 0.29) is 5.97 Å². The lowest BCUT2D eigenvalue weighted by Gasteiger charge is -2.14. The molecule has 1 aromatic carbocycles. The molecule has 0 aliphatic carbocycles. The Morgan fingerprint density at radius 2 is 2.08 bits per heavy atom. The van der Waals surface area contributed by atoms with Gasteiger partial charge in [0, 0.05) is 0 Å². The van der Waals surface area contributed by atoms with Crippen LogP contribution in [-0.2, 0) is 20.7 Å². The molecular formula is C19H26Cl2O3. The Kier molecular flexibility index (Phi) is 7.39. The molecule has 5 heteroatoms. The van der Waals surface area contributed by atoms with E-state index in [1.54, 1.807) is 0 Å². The lowest BCUT2D eigenvalue weighted by molar-refractivity contribution is -0.150. The van der Waals surface area contributed by atoms with Gasteiger partial charge in [-0.3, -0.25) is 0 Å². The summed E-state index contributed by atoms with van der Waals surface area (Å²) < 4.78 is 10.7. The van der Waals surface area contributed by atoms with Gasteiger partial charge in [-0.15, -0.1) is 0 Å². The minimum atomic E-state index is -0.656. The smallest absolute Gasteiger partial charge is 0.340 e. The Hall–Kier alpha value is -0.770. The number of hydrogen-bond donors (Lipinski definition) is 0. The number of hydrogen-bond acceptors (Lipinski definition) is 3. The van der Waals surface area contributed by atoms with Gasteiger partial charge in [-0.25, -0.2) is 4.79 Å². The van der Waals surface area contributed by atoms with Gasteiger partial charge in [0.05, 0.1) is 23.3 Å². The second-order valence-corrected chi connectivity index (χ2v) is 7.54. The number of ether oxygens (including phenoxy) is 2. The molecular weight excluding hydrogens is 347 g/mol. The lowest BCUT2D eigenvalue weighted by atomic mass is 9.93. The van der Waals surface area contributed by atoms with Crippen molar-refractivity contribution in [1.82, 2.24) is 0 Å². The van der Waals surface area contributed by atoms with E-state index in [2.05, 4.69) is 13.8 Å². The minimum Gasteiger partial charge on any atom is -0.463 e. The molecule has 2 rings (SSSR count). The van der Waals surface area contributed by atoms with Gasteiger partial charge >= 0.3 is 5.97 Å². The highest BCUT2D eigenvalue weighted by Crippen LogP contribution is 2.35. The summed E-state index contributed by atoms with van der Waals surface area (Å²) in [6, 6.07) is 5.78. The van der Waals surface area contributed by atoms with Gasteiger partial charge < -0.3 is 9.47 Å². The molecule has 2 unspecified atom stereocenters. The van der Waals surface area contributed by atoms with Crippen LogP contribution in [0.3, 0.4) is 0 Å². The molecule has 1 heterocycles. The van der Waals surface area contributed by atoms with Gasteiger partial charge in [-0.05, 0) is 49.3 Å². The van der Waals surface area contributed by atoms with Crippen LogP contribution in [0.5, 0.6) is 0 Å². The van der Waals surface area contributed by atoms with Gasteiger partial charge in [0.2, 0.25) is 0 Å². The molecule has 2 atom stereocenters. The second kappa shape index (κ2) is 9.07. The number of esters is 1. The van der Waals surface area contributed by atoms with Crippen molar-refractivity contribution in [1.29, 1.82) is 0 Å². The summed E-state index contributed by atoms with van der Waals surface area (Å²) in [5.41, 5.74) is 0.532. The molecule has 0 saturated carbocycles. The summed E-state index contributed by atoms with van der Waals surface area (Å²) in [5.74, 6) is 0.322. The highest BCUT2D eigenvalue weighted by Gasteiger charge is 2.53. The predicted octanol–water partition coefficient (Wildman–Crippen LogP) is 5.45. The molecule has 0 radical (unpaired) electrons. The van der Waals surface area contributed by atoms with Crippen molar-refractivity contribution in [2.45, 2.75) is 58.0 Å². The van der Waals surface area contributed by atoms with Crippen LogP contribution in [0.2, 0.25) is 10.0 Å². The standard InChI is InChI=1S/C19H26Cl2O3/c1-3-4-10-23-18(22)19(13-24-19)9-5-6-14(2)11-15-7-8-16(20)17(21)12-15/h7-8,12,14H,3-6,9-11,13H2,1-2H3. The van der Waals surface area contributed by atoms with Crippen molar-refractivity contribution >= 4 is 29.2 Å². The zero-order valence-electron chi connectivity index (χ0n) is 14.4. The first-order chi connectivity index (χ1) is 11.5. The number of unbranched alkanes of at least 4 members (excludes halogenated alkanes) is 1. The molecule has 1 aliphatic rings. The fourth-order valence-electron chi connectivity index (χ4n) is 2.80. The first-order valence-electron chi connectivity index (χ1n) is 8.72. The third-order valence-corrected chi connectivity index (χ3v) is 5.18. The second-order valence-electron chi connectivity index (χ2n) is 6.72. The number of halogens is 2. The molecule has 1 aliphatic heterocycles. The number of epoxide rings is 1. The summed E-state index contributed by atoms with van der Waals surface area (Å²) in [4.78, 5) is 12.1. The fourth-order valence-corrected chi connectivity index (χ4v) is 3.12. The van der Waals surface area contributed by atoms with Crippen LogP contribution in [-0.4, -0.2) is 24.8 Å². The SMILES string of the molecule is CCCCOC(=O)C1(CCCC(C)Cc2ccc(Cl)c(Cl)c2)CO1. The molecule has 0 aromatic heterocycles. The van der Waals surface area contributed by atoms with Gasteiger partial charge in [0.15, 0.2) is 5.60 Å². The first-order valence-corrected chi connectivity index (χ1v) is 9.47.